The first-order chi connectivity index (χ1) is 11.7. The van der Waals surface area contributed by atoms with Crippen molar-refractivity contribution in [1.82, 2.24) is 15.4 Å². The van der Waals surface area contributed by atoms with Crippen molar-refractivity contribution < 1.29 is 9.32 Å². The number of H-pyrrole nitrogens is 1. The van der Waals surface area contributed by atoms with Gasteiger partial charge in [0.05, 0.1) is 11.7 Å². The number of fused-ring (bicyclic) bond motifs is 1. The smallest absolute Gasteiger partial charge is 0.277 e. The molecule has 1 amide bonds. The van der Waals surface area contributed by atoms with Gasteiger partial charge in [-0.15, -0.1) is 0 Å². The van der Waals surface area contributed by atoms with E-state index in [-0.39, 0.29) is 11.6 Å². The van der Waals surface area contributed by atoms with E-state index in [1.165, 1.54) is 0 Å². The van der Waals surface area contributed by atoms with Gasteiger partial charge in [-0.3, -0.25) is 9.89 Å². The molecule has 2 aromatic carbocycles. The zero-order valence-corrected chi connectivity index (χ0v) is 13.0. The molecule has 0 aliphatic rings. The molecule has 0 saturated heterocycles. The van der Waals surface area contributed by atoms with Crippen LogP contribution in [0.15, 0.2) is 59.3 Å². The summed E-state index contributed by atoms with van der Waals surface area (Å²) >= 11 is 5.82. The SMILES string of the molecule is O=C(Nc1ccc(Cl)cc1)c1cc(-c2ccc3[nH]ncc3c2)on1. The summed E-state index contributed by atoms with van der Waals surface area (Å²) in [6.45, 7) is 0. The number of halogens is 1. The van der Waals surface area contributed by atoms with E-state index in [1.807, 2.05) is 18.2 Å². The largest absolute Gasteiger partial charge is 0.355 e. The molecule has 0 fully saturated rings. The first kappa shape index (κ1) is 14.5. The number of nitrogens with one attached hydrogen (secondary N) is 2. The van der Waals surface area contributed by atoms with E-state index in [1.54, 1.807) is 36.5 Å². The van der Waals surface area contributed by atoms with Crippen LogP contribution in [-0.4, -0.2) is 21.3 Å². The molecule has 4 rings (SSSR count). The van der Waals surface area contributed by atoms with Crippen LogP contribution in [0.1, 0.15) is 10.5 Å². The zero-order chi connectivity index (χ0) is 16.5. The van der Waals surface area contributed by atoms with Gasteiger partial charge in [-0.2, -0.15) is 5.10 Å². The summed E-state index contributed by atoms with van der Waals surface area (Å²) in [5.74, 6) is 0.163. The molecule has 0 radical (unpaired) electrons. The average molecular weight is 339 g/mol. The fourth-order valence-electron chi connectivity index (χ4n) is 2.34. The Hall–Kier alpha value is -3.12. The third-order valence-electron chi connectivity index (χ3n) is 3.57. The molecule has 0 unspecified atom stereocenters. The molecule has 24 heavy (non-hydrogen) atoms. The van der Waals surface area contributed by atoms with E-state index in [2.05, 4.69) is 20.7 Å². The predicted octanol–water partition coefficient (Wildman–Crippen LogP) is 4.12. The topological polar surface area (TPSA) is 83.8 Å². The van der Waals surface area contributed by atoms with Crippen LogP contribution in [0.5, 0.6) is 0 Å². The summed E-state index contributed by atoms with van der Waals surface area (Å²) in [7, 11) is 0. The molecule has 0 spiro atoms. The molecule has 2 N–H and O–H groups in total. The van der Waals surface area contributed by atoms with Crippen LogP contribution in [-0.2, 0) is 0 Å². The van der Waals surface area contributed by atoms with E-state index in [0.29, 0.717) is 16.5 Å². The number of carbonyl (C=O) groups is 1. The molecule has 2 heterocycles. The normalized spacial score (nSPS) is 10.9. The second kappa shape index (κ2) is 5.82. The quantitative estimate of drug-likeness (QED) is 0.588. The van der Waals surface area contributed by atoms with Gasteiger partial charge in [0.15, 0.2) is 11.5 Å². The second-order valence-corrected chi connectivity index (χ2v) is 5.65. The number of amides is 1. The van der Waals surface area contributed by atoms with Gasteiger partial charge in [0.2, 0.25) is 0 Å². The molecule has 4 aromatic rings. The highest BCUT2D eigenvalue weighted by atomic mass is 35.5. The average Bonchev–Trinajstić information content (AvgIpc) is 3.25. The van der Waals surface area contributed by atoms with Crippen molar-refractivity contribution in [2.75, 3.05) is 5.32 Å². The third-order valence-corrected chi connectivity index (χ3v) is 3.82. The predicted molar refractivity (Wildman–Crippen MR) is 91.0 cm³/mol. The van der Waals surface area contributed by atoms with E-state index in [0.717, 1.165) is 16.5 Å². The Labute approximate surface area is 141 Å². The molecule has 6 nitrogen and oxygen atoms in total. The number of aromatic nitrogens is 3. The summed E-state index contributed by atoms with van der Waals surface area (Å²) in [5, 5.41) is 15.0. The minimum Gasteiger partial charge on any atom is -0.355 e. The van der Waals surface area contributed by atoms with E-state index in [4.69, 9.17) is 16.1 Å². The minimum atomic E-state index is -0.350. The van der Waals surface area contributed by atoms with Crippen molar-refractivity contribution in [3.05, 3.63) is 65.4 Å². The van der Waals surface area contributed by atoms with E-state index in [9.17, 15) is 4.79 Å². The number of benzene rings is 2. The molecule has 0 saturated carbocycles. The van der Waals surface area contributed by atoms with Crippen molar-refractivity contribution in [1.29, 1.82) is 0 Å². The number of nitrogens with zero attached hydrogens (tertiary/aromatic N) is 2. The Bertz CT molecular complexity index is 1020. The van der Waals surface area contributed by atoms with Crippen molar-refractivity contribution in [3.8, 4) is 11.3 Å². The van der Waals surface area contributed by atoms with Crippen LogP contribution in [0.25, 0.3) is 22.2 Å². The van der Waals surface area contributed by atoms with Crippen LogP contribution in [0, 0.1) is 0 Å². The minimum absolute atomic E-state index is 0.201. The van der Waals surface area contributed by atoms with Crippen LogP contribution in [0.3, 0.4) is 0 Å². The molecule has 7 heteroatoms. The van der Waals surface area contributed by atoms with Crippen molar-refractivity contribution in [2.24, 2.45) is 0 Å². The second-order valence-electron chi connectivity index (χ2n) is 5.21. The van der Waals surface area contributed by atoms with Crippen molar-refractivity contribution in [3.63, 3.8) is 0 Å². The summed E-state index contributed by atoms with van der Waals surface area (Å²) < 4.78 is 5.29. The number of aromatic amines is 1. The number of hydrogen-bond acceptors (Lipinski definition) is 4. The highest BCUT2D eigenvalue weighted by Gasteiger charge is 2.14. The third kappa shape index (κ3) is 2.75. The number of rotatable bonds is 3. The summed E-state index contributed by atoms with van der Waals surface area (Å²) in [6.07, 6.45) is 1.73. The molecule has 0 bridgehead atoms. The van der Waals surface area contributed by atoms with Crippen molar-refractivity contribution >= 4 is 34.1 Å². The van der Waals surface area contributed by atoms with Crippen LogP contribution in [0.2, 0.25) is 5.02 Å². The maximum absolute atomic E-state index is 12.2. The highest BCUT2D eigenvalue weighted by molar-refractivity contribution is 6.30. The molecule has 118 valence electrons. The lowest BCUT2D eigenvalue weighted by molar-refractivity contribution is 0.101. The number of carbonyl (C=O) groups excluding carboxylic acids is 1. The van der Waals surface area contributed by atoms with Gasteiger partial charge in [0.25, 0.3) is 5.91 Å². The molecular weight excluding hydrogens is 328 g/mol. The van der Waals surface area contributed by atoms with Crippen LogP contribution >= 0.6 is 11.6 Å². The van der Waals surface area contributed by atoms with Gasteiger partial charge in [0, 0.05) is 27.7 Å². The van der Waals surface area contributed by atoms with Gasteiger partial charge >= 0.3 is 0 Å². The first-order valence-electron chi connectivity index (χ1n) is 7.16. The molecule has 0 aliphatic carbocycles. The van der Waals surface area contributed by atoms with E-state index >= 15 is 0 Å². The fourth-order valence-corrected chi connectivity index (χ4v) is 2.47. The summed E-state index contributed by atoms with van der Waals surface area (Å²) in [4.78, 5) is 12.2. The number of hydrogen-bond donors (Lipinski definition) is 2. The zero-order valence-electron chi connectivity index (χ0n) is 12.3. The standard InChI is InChI=1S/C17H11ClN4O2/c18-12-2-4-13(5-3-12)20-17(23)15-8-16(24-22-15)10-1-6-14-11(7-10)9-19-21-14/h1-9H,(H,19,21)(H,20,23). The lowest BCUT2D eigenvalue weighted by atomic mass is 10.1. The van der Waals surface area contributed by atoms with Crippen LogP contribution in [0.4, 0.5) is 5.69 Å². The molecule has 0 atom stereocenters. The highest BCUT2D eigenvalue weighted by Crippen LogP contribution is 2.24. The molecule has 0 aliphatic heterocycles. The Kier molecular flexibility index (Phi) is 3.51. The van der Waals surface area contributed by atoms with Gasteiger partial charge in [-0.05, 0) is 42.5 Å². The van der Waals surface area contributed by atoms with E-state index < -0.39 is 0 Å². The Morgan fingerprint density at radius 1 is 1.12 bits per heavy atom. The Balaban J connectivity index is 1.57. The Morgan fingerprint density at radius 2 is 1.96 bits per heavy atom. The number of anilines is 1. The van der Waals surface area contributed by atoms with Crippen LogP contribution < -0.4 is 5.32 Å². The fraction of sp³-hybridized carbons (Fsp3) is 0. The maximum atomic E-state index is 12.2. The Morgan fingerprint density at radius 3 is 2.79 bits per heavy atom. The maximum Gasteiger partial charge on any atom is 0.277 e. The van der Waals surface area contributed by atoms with Gasteiger partial charge in [-0.1, -0.05) is 16.8 Å². The first-order valence-corrected chi connectivity index (χ1v) is 7.54. The lowest BCUT2D eigenvalue weighted by Crippen LogP contribution is -2.11. The van der Waals surface area contributed by atoms with Gasteiger partial charge < -0.3 is 9.84 Å². The van der Waals surface area contributed by atoms with Gasteiger partial charge in [-0.25, -0.2) is 0 Å². The van der Waals surface area contributed by atoms with Crippen molar-refractivity contribution in [2.45, 2.75) is 0 Å². The molecular formula is C17H11ClN4O2. The summed E-state index contributed by atoms with van der Waals surface area (Å²) in [6, 6.07) is 14.1. The van der Waals surface area contributed by atoms with Gasteiger partial charge in [0.1, 0.15) is 0 Å². The summed E-state index contributed by atoms with van der Waals surface area (Å²) in [5.41, 5.74) is 2.59. The molecule has 2 aromatic heterocycles. The lowest BCUT2D eigenvalue weighted by Gasteiger charge is -2.01. The monoisotopic (exact) mass is 338 g/mol.